The first-order valence-electron chi connectivity index (χ1n) is 8.24. The van der Waals surface area contributed by atoms with E-state index in [4.69, 9.17) is 4.74 Å². The van der Waals surface area contributed by atoms with Crippen LogP contribution in [0, 0.1) is 5.92 Å². The molecule has 0 bridgehead atoms. The van der Waals surface area contributed by atoms with Crippen LogP contribution in [0.15, 0.2) is 18.2 Å². The largest absolute Gasteiger partial charge is 0.489 e. The van der Waals surface area contributed by atoms with Crippen molar-refractivity contribution in [2.75, 3.05) is 6.54 Å². The summed E-state index contributed by atoms with van der Waals surface area (Å²) in [6.45, 7) is 5.02. The highest BCUT2D eigenvalue weighted by Crippen LogP contribution is 2.40. The Kier molecular flexibility index (Phi) is 4.18. The number of para-hydroxylation sites is 1. The molecular weight excluding hydrogens is 262 g/mol. The van der Waals surface area contributed by atoms with E-state index in [1.165, 1.54) is 32.1 Å². The van der Waals surface area contributed by atoms with Crippen molar-refractivity contribution in [3.8, 4) is 5.75 Å². The summed E-state index contributed by atoms with van der Waals surface area (Å²) in [6, 6.07) is 5.91. The van der Waals surface area contributed by atoms with Gasteiger partial charge in [0.25, 0.3) is 5.91 Å². The minimum Gasteiger partial charge on any atom is -0.489 e. The van der Waals surface area contributed by atoms with Gasteiger partial charge in [-0.1, -0.05) is 38.3 Å². The number of hydrogen-bond donors (Lipinski definition) is 1. The van der Waals surface area contributed by atoms with Crippen LogP contribution in [0.5, 0.6) is 5.75 Å². The number of fused-ring (bicyclic) bond motifs is 1. The van der Waals surface area contributed by atoms with Gasteiger partial charge in [-0.3, -0.25) is 4.79 Å². The quantitative estimate of drug-likeness (QED) is 0.916. The zero-order chi connectivity index (χ0) is 14.8. The third kappa shape index (κ3) is 2.92. The van der Waals surface area contributed by atoms with Crippen LogP contribution in [0.25, 0.3) is 0 Å². The lowest BCUT2D eigenvalue weighted by Gasteiger charge is -2.22. The van der Waals surface area contributed by atoms with Gasteiger partial charge in [0, 0.05) is 18.0 Å². The number of hydrogen-bond acceptors (Lipinski definition) is 2. The van der Waals surface area contributed by atoms with Crippen molar-refractivity contribution in [3.05, 3.63) is 29.3 Å². The number of amides is 1. The highest BCUT2D eigenvalue weighted by atomic mass is 16.5. The third-order valence-electron chi connectivity index (χ3n) is 5.06. The molecule has 1 aromatic carbocycles. The number of benzene rings is 1. The van der Waals surface area contributed by atoms with Gasteiger partial charge in [0.2, 0.25) is 0 Å². The summed E-state index contributed by atoms with van der Waals surface area (Å²) >= 11 is 0. The molecule has 21 heavy (non-hydrogen) atoms. The first kappa shape index (κ1) is 14.4. The molecule has 1 amide bonds. The standard InChI is InChI=1S/C18H25NO2/c1-12-13(2)21-17-15(12)9-6-10-16(17)18(20)19-11-14-7-4-3-5-8-14/h6,9-10,12-14H,3-5,7-8,11H2,1-2H3,(H,19,20)/t12-,13-/m0/s1. The molecule has 3 heteroatoms. The number of nitrogens with one attached hydrogen (secondary N) is 1. The van der Waals surface area contributed by atoms with Crippen LogP contribution in [0.3, 0.4) is 0 Å². The van der Waals surface area contributed by atoms with Gasteiger partial charge in [-0.05, 0) is 31.7 Å². The van der Waals surface area contributed by atoms with E-state index in [-0.39, 0.29) is 12.0 Å². The fraction of sp³-hybridized carbons (Fsp3) is 0.611. The summed E-state index contributed by atoms with van der Waals surface area (Å²) < 4.78 is 5.90. The SMILES string of the molecule is C[C@@H]1Oc2c(C(=O)NCC3CCCCC3)cccc2[C@H]1C. The molecule has 1 saturated carbocycles. The van der Waals surface area contributed by atoms with E-state index in [2.05, 4.69) is 25.2 Å². The molecule has 114 valence electrons. The molecule has 2 aliphatic rings. The predicted octanol–water partition coefficient (Wildman–Crippen LogP) is 3.88. The highest BCUT2D eigenvalue weighted by molar-refractivity contribution is 5.97. The van der Waals surface area contributed by atoms with Crippen molar-refractivity contribution in [2.45, 2.75) is 58.0 Å². The van der Waals surface area contributed by atoms with E-state index in [1.807, 2.05) is 12.1 Å². The second-order valence-corrected chi connectivity index (χ2v) is 6.55. The summed E-state index contributed by atoms with van der Waals surface area (Å²) in [7, 11) is 0. The van der Waals surface area contributed by atoms with Gasteiger partial charge >= 0.3 is 0 Å². The molecule has 1 N–H and O–H groups in total. The average Bonchev–Trinajstić information content (AvgIpc) is 2.81. The van der Waals surface area contributed by atoms with E-state index in [1.54, 1.807) is 0 Å². The second kappa shape index (κ2) is 6.08. The van der Waals surface area contributed by atoms with Gasteiger partial charge in [-0.2, -0.15) is 0 Å². The smallest absolute Gasteiger partial charge is 0.255 e. The molecule has 1 aliphatic heterocycles. The van der Waals surface area contributed by atoms with Crippen molar-refractivity contribution in [1.29, 1.82) is 0 Å². The highest BCUT2D eigenvalue weighted by Gasteiger charge is 2.31. The minimum absolute atomic E-state index is 0.0127. The normalized spacial score (nSPS) is 25.2. The Hall–Kier alpha value is -1.51. The summed E-state index contributed by atoms with van der Waals surface area (Å²) in [4.78, 5) is 12.5. The molecule has 1 fully saturated rings. The van der Waals surface area contributed by atoms with Gasteiger partial charge in [0.1, 0.15) is 11.9 Å². The maximum absolute atomic E-state index is 12.5. The van der Waals surface area contributed by atoms with Crippen molar-refractivity contribution in [1.82, 2.24) is 5.32 Å². The molecular formula is C18H25NO2. The fourth-order valence-electron chi connectivity index (χ4n) is 3.49. The van der Waals surface area contributed by atoms with E-state index < -0.39 is 0 Å². The Balaban J connectivity index is 1.68. The topological polar surface area (TPSA) is 38.3 Å². The molecule has 0 spiro atoms. The minimum atomic E-state index is 0.0127. The van der Waals surface area contributed by atoms with Crippen LogP contribution in [0.2, 0.25) is 0 Å². The maximum Gasteiger partial charge on any atom is 0.255 e. The Morgan fingerprint density at radius 2 is 2.00 bits per heavy atom. The van der Waals surface area contributed by atoms with Crippen molar-refractivity contribution in [2.24, 2.45) is 5.92 Å². The monoisotopic (exact) mass is 287 g/mol. The molecule has 0 radical (unpaired) electrons. The molecule has 1 aliphatic carbocycles. The Labute approximate surface area is 127 Å². The van der Waals surface area contributed by atoms with Crippen molar-refractivity contribution < 1.29 is 9.53 Å². The van der Waals surface area contributed by atoms with Crippen LogP contribution in [-0.2, 0) is 0 Å². The van der Waals surface area contributed by atoms with Crippen LogP contribution in [0.1, 0.15) is 67.8 Å². The van der Waals surface area contributed by atoms with Gasteiger partial charge in [-0.15, -0.1) is 0 Å². The lowest BCUT2D eigenvalue weighted by molar-refractivity contribution is 0.0938. The van der Waals surface area contributed by atoms with E-state index in [9.17, 15) is 4.79 Å². The molecule has 3 nitrogen and oxygen atoms in total. The molecule has 0 saturated heterocycles. The first-order valence-corrected chi connectivity index (χ1v) is 8.24. The number of carbonyl (C=O) groups is 1. The van der Waals surface area contributed by atoms with Crippen molar-refractivity contribution in [3.63, 3.8) is 0 Å². The Bertz CT molecular complexity index is 520. The maximum atomic E-state index is 12.5. The summed E-state index contributed by atoms with van der Waals surface area (Å²) in [5.41, 5.74) is 1.85. The third-order valence-corrected chi connectivity index (χ3v) is 5.06. The van der Waals surface area contributed by atoms with Crippen LogP contribution < -0.4 is 10.1 Å². The Morgan fingerprint density at radius 3 is 2.76 bits per heavy atom. The van der Waals surface area contributed by atoms with E-state index >= 15 is 0 Å². The molecule has 3 rings (SSSR count). The van der Waals surface area contributed by atoms with Crippen molar-refractivity contribution >= 4 is 5.91 Å². The Morgan fingerprint density at radius 1 is 1.24 bits per heavy atom. The van der Waals surface area contributed by atoms with E-state index in [0.29, 0.717) is 17.4 Å². The fourth-order valence-corrected chi connectivity index (χ4v) is 3.49. The lowest BCUT2D eigenvalue weighted by atomic mass is 9.89. The van der Waals surface area contributed by atoms with Crippen LogP contribution in [0.4, 0.5) is 0 Å². The first-order chi connectivity index (χ1) is 10.2. The molecule has 1 heterocycles. The zero-order valence-corrected chi connectivity index (χ0v) is 13.0. The second-order valence-electron chi connectivity index (χ2n) is 6.55. The van der Waals surface area contributed by atoms with Gasteiger partial charge in [0.15, 0.2) is 0 Å². The molecule has 2 atom stereocenters. The zero-order valence-electron chi connectivity index (χ0n) is 13.0. The van der Waals surface area contributed by atoms with Crippen LogP contribution >= 0.6 is 0 Å². The lowest BCUT2D eigenvalue weighted by Crippen LogP contribution is -2.30. The summed E-state index contributed by atoms with van der Waals surface area (Å²) in [5, 5.41) is 3.11. The number of rotatable bonds is 3. The van der Waals surface area contributed by atoms with Gasteiger partial charge in [-0.25, -0.2) is 0 Å². The molecule has 0 aromatic heterocycles. The molecule has 1 aromatic rings. The number of ether oxygens (including phenoxy) is 1. The average molecular weight is 287 g/mol. The summed E-state index contributed by atoms with van der Waals surface area (Å²) in [6.07, 6.45) is 6.60. The van der Waals surface area contributed by atoms with E-state index in [0.717, 1.165) is 17.9 Å². The predicted molar refractivity (Wildman–Crippen MR) is 83.9 cm³/mol. The van der Waals surface area contributed by atoms with Crippen LogP contribution in [-0.4, -0.2) is 18.6 Å². The van der Waals surface area contributed by atoms with Gasteiger partial charge in [0.05, 0.1) is 5.56 Å². The summed E-state index contributed by atoms with van der Waals surface area (Å²) in [5.74, 6) is 1.81. The van der Waals surface area contributed by atoms with Gasteiger partial charge < -0.3 is 10.1 Å². The number of carbonyl (C=O) groups excluding carboxylic acids is 1. The molecule has 0 unspecified atom stereocenters.